The van der Waals surface area contributed by atoms with Crippen molar-refractivity contribution >= 4 is 23.0 Å². The van der Waals surface area contributed by atoms with Crippen molar-refractivity contribution in [1.82, 2.24) is 0 Å². The van der Waals surface area contributed by atoms with E-state index in [0.717, 1.165) is 6.07 Å². The van der Waals surface area contributed by atoms with Crippen LogP contribution in [0.15, 0.2) is 42.5 Å². The van der Waals surface area contributed by atoms with Gasteiger partial charge in [-0.2, -0.15) is 4.39 Å². The summed E-state index contributed by atoms with van der Waals surface area (Å²) in [5.41, 5.74) is -1.42. The zero-order valence-electron chi connectivity index (χ0n) is 11.7. The first-order chi connectivity index (χ1) is 10.3. The van der Waals surface area contributed by atoms with E-state index < -0.39 is 22.0 Å². The molecule has 2 aromatic carbocycles. The maximum atomic E-state index is 13.5. The van der Waals surface area contributed by atoms with Crippen LogP contribution in [0.5, 0.6) is 0 Å². The van der Waals surface area contributed by atoms with E-state index in [1.54, 1.807) is 24.3 Å². The van der Waals surface area contributed by atoms with Crippen molar-refractivity contribution in [3.8, 4) is 0 Å². The van der Waals surface area contributed by atoms with Crippen LogP contribution >= 0.6 is 11.6 Å². The van der Waals surface area contributed by atoms with Gasteiger partial charge in [0.2, 0.25) is 5.82 Å². The Bertz CT molecular complexity index is 707. The molecule has 0 radical (unpaired) electrons. The van der Waals surface area contributed by atoms with Crippen LogP contribution < -0.4 is 5.32 Å². The summed E-state index contributed by atoms with van der Waals surface area (Å²) in [6.45, 7) is 1.49. The number of benzene rings is 2. The van der Waals surface area contributed by atoms with Crippen LogP contribution in [0.2, 0.25) is 5.02 Å². The van der Waals surface area contributed by atoms with Crippen LogP contribution in [0.1, 0.15) is 12.5 Å². The number of nitrogens with zero attached hydrogens (tertiary/aromatic N) is 1. The standard InChI is InChI=1S/C15H14ClFN2O3/c1-15(20,10-4-2-5-11(16)8-10)9-18-13-7-3-6-12(17)14(13)19(21)22/h2-8,18,20H,9H2,1H3. The topological polar surface area (TPSA) is 75.4 Å². The quantitative estimate of drug-likeness (QED) is 0.649. The van der Waals surface area contributed by atoms with Crippen molar-refractivity contribution in [2.45, 2.75) is 12.5 Å². The molecule has 0 heterocycles. The van der Waals surface area contributed by atoms with Gasteiger partial charge in [-0.25, -0.2) is 0 Å². The Kier molecular flexibility index (Phi) is 4.63. The van der Waals surface area contributed by atoms with Gasteiger partial charge >= 0.3 is 5.69 Å². The lowest BCUT2D eigenvalue weighted by molar-refractivity contribution is -0.386. The number of hydrogen-bond donors (Lipinski definition) is 2. The van der Waals surface area contributed by atoms with Gasteiger partial charge in [-0.3, -0.25) is 10.1 Å². The van der Waals surface area contributed by atoms with Gasteiger partial charge < -0.3 is 10.4 Å². The van der Waals surface area contributed by atoms with E-state index in [4.69, 9.17) is 11.6 Å². The molecule has 0 spiro atoms. The number of hydrogen-bond acceptors (Lipinski definition) is 4. The Morgan fingerprint density at radius 3 is 2.68 bits per heavy atom. The SMILES string of the molecule is CC(O)(CNc1cccc(F)c1[N+](=O)[O-])c1cccc(Cl)c1. The molecule has 0 saturated carbocycles. The third-order valence-electron chi connectivity index (χ3n) is 3.24. The Labute approximate surface area is 131 Å². The minimum atomic E-state index is -1.33. The van der Waals surface area contributed by atoms with E-state index >= 15 is 0 Å². The second kappa shape index (κ2) is 6.29. The molecule has 2 aromatic rings. The van der Waals surface area contributed by atoms with Crippen molar-refractivity contribution in [2.75, 3.05) is 11.9 Å². The van der Waals surface area contributed by atoms with Gasteiger partial charge in [-0.15, -0.1) is 0 Å². The van der Waals surface area contributed by atoms with Gasteiger partial charge in [-0.1, -0.05) is 29.8 Å². The van der Waals surface area contributed by atoms with E-state index in [1.165, 1.54) is 19.1 Å². The number of nitro benzene ring substituents is 1. The fourth-order valence-electron chi connectivity index (χ4n) is 2.04. The summed E-state index contributed by atoms with van der Waals surface area (Å²) in [6, 6.07) is 10.4. The average molecular weight is 325 g/mol. The fraction of sp³-hybridized carbons (Fsp3) is 0.200. The number of nitrogens with one attached hydrogen (secondary N) is 1. The molecule has 116 valence electrons. The molecular formula is C15H14ClFN2O3. The molecule has 1 unspecified atom stereocenters. The fourth-order valence-corrected chi connectivity index (χ4v) is 2.23. The maximum Gasteiger partial charge on any atom is 0.327 e. The van der Waals surface area contributed by atoms with Gasteiger partial charge in [-0.05, 0) is 36.8 Å². The molecule has 0 amide bonds. The van der Waals surface area contributed by atoms with Crippen molar-refractivity contribution in [1.29, 1.82) is 0 Å². The van der Waals surface area contributed by atoms with Crippen LogP contribution in [0.3, 0.4) is 0 Å². The Morgan fingerprint density at radius 2 is 2.05 bits per heavy atom. The Morgan fingerprint density at radius 1 is 1.36 bits per heavy atom. The van der Waals surface area contributed by atoms with Crippen LogP contribution in [-0.2, 0) is 5.60 Å². The highest BCUT2D eigenvalue weighted by molar-refractivity contribution is 6.30. The first kappa shape index (κ1) is 16.2. The zero-order valence-corrected chi connectivity index (χ0v) is 12.5. The second-order valence-corrected chi connectivity index (χ2v) is 5.47. The summed E-state index contributed by atoms with van der Waals surface area (Å²) in [5, 5.41) is 24.6. The van der Waals surface area contributed by atoms with Crippen LogP contribution in [0.25, 0.3) is 0 Å². The molecule has 22 heavy (non-hydrogen) atoms. The van der Waals surface area contributed by atoms with Crippen LogP contribution in [0, 0.1) is 15.9 Å². The summed E-state index contributed by atoms with van der Waals surface area (Å²) >= 11 is 5.89. The molecule has 2 rings (SSSR count). The highest BCUT2D eigenvalue weighted by atomic mass is 35.5. The summed E-state index contributed by atoms with van der Waals surface area (Å²) in [5.74, 6) is -0.933. The molecule has 0 fully saturated rings. The third-order valence-corrected chi connectivity index (χ3v) is 3.47. The highest BCUT2D eigenvalue weighted by Crippen LogP contribution is 2.29. The van der Waals surface area contributed by atoms with E-state index in [9.17, 15) is 19.6 Å². The van der Waals surface area contributed by atoms with Gasteiger partial charge in [0.05, 0.1) is 4.92 Å². The van der Waals surface area contributed by atoms with Crippen molar-refractivity contribution in [3.05, 3.63) is 69.0 Å². The second-order valence-electron chi connectivity index (χ2n) is 5.03. The van der Waals surface area contributed by atoms with E-state index in [-0.39, 0.29) is 12.2 Å². The number of para-hydroxylation sites is 1. The Hall–Kier alpha value is -2.18. The molecule has 0 aromatic heterocycles. The number of halogens is 2. The van der Waals surface area contributed by atoms with Crippen LogP contribution in [-0.4, -0.2) is 16.6 Å². The first-order valence-electron chi connectivity index (χ1n) is 6.46. The predicted octanol–water partition coefficient (Wildman–Crippen LogP) is 3.71. The summed E-state index contributed by atoms with van der Waals surface area (Å²) < 4.78 is 13.5. The molecule has 5 nitrogen and oxygen atoms in total. The normalized spacial score (nSPS) is 13.5. The number of aliphatic hydroxyl groups is 1. The lowest BCUT2D eigenvalue weighted by Crippen LogP contribution is -2.31. The first-order valence-corrected chi connectivity index (χ1v) is 6.84. The average Bonchev–Trinajstić information content (AvgIpc) is 2.45. The molecule has 0 aliphatic rings. The zero-order chi connectivity index (χ0) is 16.3. The molecular weight excluding hydrogens is 311 g/mol. The molecule has 7 heteroatoms. The van der Waals surface area contributed by atoms with Gasteiger partial charge in [0.25, 0.3) is 0 Å². The van der Waals surface area contributed by atoms with Crippen LogP contribution in [0.4, 0.5) is 15.8 Å². The summed E-state index contributed by atoms with van der Waals surface area (Å²) in [4.78, 5) is 10.1. The summed E-state index contributed by atoms with van der Waals surface area (Å²) in [6.07, 6.45) is 0. The minimum Gasteiger partial charge on any atom is -0.384 e. The van der Waals surface area contributed by atoms with E-state index in [0.29, 0.717) is 10.6 Å². The van der Waals surface area contributed by atoms with E-state index in [2.05, 4.69) is 5.32 Å². The maximum absolute atomic E-state index is 13.5. The molecule has 0 bridgehead atoms. The molecule has 0 aliphatic carbocycles. The largest absolute Gasteiger partial charge is 0.384 e. The number of nitro groups is 1. The lowest BCUT2D eigenvalue weighted by Gasteiger charge is -2.25. The highest BCUT2D eigenvalue weighted by Gasteiger charge is 2.26. The van der Waals surface area contributed by atoms with Crippen molar-refractivity contribution < 1.29 is 14.4 Å². The number of rotatable bonds is 5. The monoisotopic (exact) mass is 324 g/mol. The van der Waals surface area contributed by atoms with Crippen molar-refractivity contribution in [2.24, 2.45) is 0 Å². The Balaban J connectivity index is 2.23. The number of anilines is 1. The molecule has 0 saturated heterocycles. The summed E-state index contributed by atoms with van der Waals surface area (Å²) in [7, 11) is 0. The lowest BCUT2D eigenvalue weighted by atomic mass is 9.96. The van der Waals surface area contributed by atoms with Gasteiger partial charge in [0, 0.05) is 11.6 Å². The minimum absolute atomic E-state index is 0.00676. The van der Waals surface area contributed by atoms with Gasteiger partial charge in [0.1, 0.15) is 11.3 Å². The molecule has 1 atom stereocenters. The van der Waals surface area contributed by atoms with Gasteiger partial charge in [0.15, 0.2) is 0 Å². The predicted molar refractivity (Wildman–Crippen MR) is 82.6 cm³/mol. The van der Waals surface area contributed by atoms with Crippen molar-refractivity contribution in [3.63, 3.8) is 0 Å². The van der Waals surface area contributed by atoms with E-state index in [1.807, 2.05) is 0 Å². The smallest absolute Gasteiger partial charge is 0.327 e. The third kappa shape index (κ3) is 3.52. The molecule has 2 N–H and O–H groups in total. The molecule has 0 aliphatic heterocycles.